The fraction of sp³-hybridized carbons (Fsp3) is 0.800. The number of aryl methyl sites for hydroxylation is 1. The molecule has 1 unspecified atom stereocenters. The molecule has 118 valence electrons. The van der Waals surface area contributed by atoms with Crippen molar-refractivity contribution in [3.63, 3.8) is 0 Å². The van der Waals surface area contributed by atoms with E-state index in [1.807, 2.05) is 25.7 Å². The van der Waals surface area contributed by atoms with Gasteiger partial charge in [0.05, 0.1) is 0 Å². The molecule has 0 bridgehead atoms. The standard InChI is InChI=1S/C15H26N4O2/c1-5-7-13(20)18-9-6-8-12(10-18)14-16-17(4)15(21)19(14)11(2)3/h11-12H,5-10H2,1-4H3. The van der Waals surface area contributed by atoms with E-state index in [0.717, 1.165) is 31.6 Å². The van der Waals surface area contributed by atoms with Crippen LogP contribution in [0.4, 0.5) is 0 Å². The number of amides is 1. The molecule has 6 heteroatoms. The van der Waals surface area contributed by atoms with Crippen LogP contribution < -0.4 is 5.69 Å². The molecule has 0 N–H and O–H groups in total. The van der Waals surface area contributed by atoms with Gasteiger partial charge in [0.15, 0.2) is 0 Å². The maximum absolute atomic E-state index is 12.2. The Morgan fingerprint density at radius 1 is 1.43 bits per heavy atom. The smallest absolute Gasteiger partial charge is 0.342 e. The Labute approximate surface area is 125 Å². The lowest BCUT2D eigenvalue weighted by Gasteiger charge is -2.32. The largest absolute Gasteiger partial charge is 0.345 e. The first kappa shape index (κ1) is 15.8. The molecule has 0 saturated carbocycles. The summed E-state index contributed by atoms with van der Waals surface area (Å²) in [5.41, 5.74) is -0.0722. The highest BCUT2D eigenvalue weighted by molar-refractivity contribution is 5.76. The average molecular weight is 294 g/mol. The van der Waals surface area contributed by atoms with E-state index < -0.39 is 0 Å². The summed E-state index contributed by atoms with van der Waals surface area (Å²) in [5.74, 6) is 1.21. The summed E-state index contributed by atoms with van der Waals surface area (Å²) in [4.78, 5) is 26.2. The molecule has 2 rings (SSSR count). The zero-order chi connectivity index (χ0) is 15.6. The molecule has 0 radical (unpaired) electrons. The summed E-state index contributed by atoms with van der Waals surface area (Å²) in [6, 6.07) is 0.0860. The van der Waals surface area contributed by atoms with E-state index in [2.05, 4.69) is 5.10 Å². The minimum atomic E-state index is -0.0722. The van der Waals surface area contributed by atoms with Crippen molar-refractivity contribution in [3.05, 3.63) is 16.3 Å². The molecule has 1 aromatic rings. The van der Waals surface area contributed by atoms with Crippen LogP contribution in [-0.4, -0.2) is 38.2 Å². The van der Waals surface area contributed by atoms with Gasteiger partial charge >= 0.3 is 5.69 Å². The summed E-state index contributed by atoms with van der Waals surface area (Å²) in [5, 5.41) is 4.42. The fourth-order valence-corrected chi connectivity index (χ4v) is 3.05. The molecular formula is C15H26N4O2. The maximum Gasteiger partial charge on any atom is 0.345 e. The number of aromatic nitrogens is 3. The third kappa shape index (κ3) is 3.19. The third-order valence-corrected chi connectivity index (χ3v) is 4.10. The molecule has 1 atom stereocenters. The number of nitrogens with zero attached hydrogens (tertiary/aromatic N) is 4. The fourth-order valence-electron chi connectivity index (χ4n) is 3.05. The summed E-state index contributed by atoms with van der Waals surface area (Å²) in [7, 11) is 1.69. The van der Waals surface area contributed by atoms with E-state index in [9.17, 15) is 9.59 Å². The molecule has 2 heterocycles. The molecule has 1 aromatic heterocycles. The predicted molar refractivity (Wildman–Crippen MR) is 81.3 cm³/mol. The van der Waals surface area contributed by atoms with Gasteiger partial charge in [0.2, 0.25) is 5.91 Å². The Morgan fingerprint density at radius 3 is 2.76 bits per heavy atom. The summed E-state index contributed by atoms with van der Waals surface area (Å²) >= 11 is 0. The number of hydrogen-bond acceptors (Lipinski definition) is 3. The lowest BCUT2D eigenvalue weighted by Crippen LogP contribution is -2.40. The molecule has 1 fully saturated rings. The molecule has 6 nitrogen and oxygen atoms in total. The quantitative estimate of drug-likeness (QED) is 0.848. The molecule has 21 heavy (non-hydrogen) atoms. The van der Waals surface area contributed by atoms with Crippen LogP contribution in [0.25, 0.3) is 0 Å². The second kappa shape index (κ2) is 6.45. The first-order valence-electron chi connectivity index (χ1n) is 7.88. The number of carbonyl (C=O) groups excluding carboxylic acids is 1. The molecule has 0 aliphatic carbocycles. The van der Waals surface area contributed by atoms with Crippen LogP contribution in [0.15, 0.2) is 4.79 Å². The van der Waals surface area contributed by atoms with Crippen LogP contribution in [0.3, 0.4) is 0 Å². The van der Waals surface area contributed by atoms with E-state index in [1.54, 1.807) is 11.6 Å². The van der Waals surface area contributed by atoms with Crippen molar-refractivity contribution in [3.8, 4) is 0 Å². The van der Waals surface area contributed by atoms with Gasteiger partial charge in [0, 0.05) is 38.5 Å². The Kier molecular flexibility index (Phi) is 4.85. The van der Waals surface area contributed by atoms with E-state index in [1.165, 1.54) is 4.68 Å². The first-order chi connectivity index (χ1) is 9.95. The Hall–Kier alpha value is -1.59. The first-order valence-corrected chi connectivity index (χ1v) is 7.88. The van der Waals surface area contributed by atoms with Crippen molar-refractivity contribution in [2.24, 2.45) is 7.05 Å². The zero-order valence-electron chi connectivity index (χ0n) is 13.5. The van der Waals surface area contributed by atoms with Crippen LogP contribution in [0.5, 0.6) is 0 Å². The van der Waals surface area contributed by atoms with Crippen LogP contribution in [0.2, 0.25) is 0 Å². The highest BCUT2D eigenvalue weighted by atomic mass is 16.2. The number of carbonyl (C=O) groups is 1. The lowest BCUT2D eigenvalue weighted by atomic mass is 9.96. The van der Waals surface area contributed by atoms with Crippen LogP contribution in [0, 0.1) is 0 Å². The number of likely N-dealkylation sites (tertiary alicyclic amines) is 1. The molecule has 0 spiro atoms. The zero-order valence-corrected chi connectivity index (χ0v) is 13.5. The van der Waals surface area contributed by atoms with Crippen LogP contribution in [-0.2, 0) is 11.8 Å². The number of rotatable bonds is 4. The summed E-state index contributed by atoms with van der Waals surface area (Å²) in [6.45, 7) is 7.52. The van der Waals surface area contributed by atoms with Gasteiger partial charge in [-0.25, -0.2) is 9.48 Å². The maximum atomic E-state index is 12.2. The van der Waals surface area contributed by atoms with Crippen molar-refractivity contribution >= 4 is 5.91 Å². The third-order valence-electron chi connectivity index (χ3n) is 4.10. The summed E-state index contributed by atoms with van der Waals surface area (Å²) < 4.78 is 3.17. The van der Waals surface area contributed by atoms with Gasteiger partial charge in [0.25, 0.3) is 0 Å². The van der Waals surface area contributed by atoms with Gasteiger partial charge in [-0.3, -0.25) is 9.36 Å². The Bertz CT molecular complexity index is 559. The van der Waals surface area contributed by atoms with Gasteiger partial charge < -0.3 is 4.90 Å². The lowest BCUT2D eigenvalue weighted by molar-refractivity contribution is -0.132. The van der Waals surface area contributed by atoms with Crippen LogP contribution in [0.1, 0.15) is 64.2 Å². The average Bonchev–Trinajstić information content (AvgIpc) is 2.75. The second-order valence-electron chi connectivity index (χ2n) is 6.16. The Balaban J connectivity index is 2.24. The molecular weight excluding hydrogens is 268 g/mol. The van der Waals surface area contributed by atoms with Crippen molar-refractivity contribution in [2.75, 3.05) is 13.1 Å². The predicted octanol–water partition coefficient (Wildman–Crippen LogP) is 1.67. The van der Waals surface area contributed by atoms with Crippen LogP contribution >= 0.6 is 0 Å². The molecule has 1 amide bonds. The molecule has 1 aliphatic rings. The van der Waals surface area contributed by atoms with E-state index in [-0.39, 0.29) is 23.6 Å². The van der Waals surface area contributed by atoms with Crippen molar-refractivity contribution < 1.29 is 4.79 Å². The Morgan fingerprint density at radius 2 is 2.14 bits per heavy atom. The molecule has 1 aliphatic heterocycles. The summed E-state index contributed by atoms with van der Waals surface area (Å²) in [6.07, 6.45) is 3.44. The van der Waals surface area contributed by atoms with E-state index in [0.29, 0.717) is 13.0 Å². The van der Waals surface area contributed by atoms with Gasteiger partial charge in [-0.2, -0.15) is 5.10 Å². The highest BCUT2D eigenvalue weighted by Crippen LogP contribution is 2.26. The SMILES string of the molecule is CCCC(=O)N1CCCC(c2nn(C)c(=O)n2C(C)C)C1. The van der Waals surface area contributed by atoms with E-state index >= 15 is 0 Å². The van der Waals surface area contributed by atoms with Gasteiger partial charge in [0.1, 0.15) is 5.82 Å². The number of piperidine rings is 1. The van der Waals surface area contributed by atoms with Gasteiger partial charge in [-0.1, -0.05) is 6.92 Å². The highest BCUT2D eigenvalue weighted by Gasteiger charge is 2.29. The van der Waals surface area contributed by atoms with Crippen molar-refractivity contribution in [1.29, 1.82) is 0 Å². The van der Waals surface area contributed by atoms with Crippen molar-refractivity contribution in [2.45, 2.75) is 58.4 Å². The number of hydrogen-bond donors (Lipinski definition) is 0. The molecule has 1 saturated heterocycles. The monoisotopic (exact) mass is 294 g/mol. The minimum absolute atomic E-state index is 0.0722. The normalized spacial score (nSPS) is 19.3. The molecule has 0 aromatic carbocycles. The second-order valence-corrected chi connectivity index (χ2v) is 6.16. The van der Waals surface area contributed by atoms with E-state index in [4.69, 9.17) is 0 Å². The van der Waals surface area contributed by atoms with Crippen molar-refractivity contribution in [1.82, 2.24) is 19.2 Å². The minimum Gasteiger partial charge on any atom is -0.342 e. The van der Waals surface area contributed by atoms with Gasteiger partial charge in [-0.05, 0) is 33.1 Å². The van der Waals surface area contributed by atoms with Gasteiger partial charge in [-0.15, -0.1) is 0 Å². The topological polar surface area (TPSA) is 60.1 Å².